The van der Waals surface area contributed by atoms with Crippen molar-refractivity contribution in [1.29, 1.82) is 0 Å². The van der Waals surface area contributed by atoms with Gasteiger partial charge in [-0.05, 0) is 25.0 Å². The average molecular weight is 500 g/mol. The Kier molecular flexibility index (Phi) is 6.12. The van der Waals surface area contributed by atoms with Gasteiger partial charge in [-0.25, -0.2) is 0 Å². The van der Waals surface area contributed by atoms with Gasteiger partial charge >= 0.3 is 11.9 Å². The molecule has 2 aromatic carbocycles. The molecular weight excluding hydrogens is 474 g/mol. The fourth-order valence-corrected chi connectivity index (χ4v) is 6.50. The molecule has 6 nitrogen and oxygen atoms in total. The van der Waals surface area contributed by atoms with E-state index in [1.807, 2.05) is 60.7 Å². The first kappa shape index (κ1) is 22.5. The number of likely N-dealkylation sites (tertiary alicyclic amines) is 1. The first-order valence-corrected chi connectivity index (χ1v) is 11.6. The molecule has 0 radical (unpaired) electrons. The van der Waals surface area contributed by atoms with Crippen molar-refractivity contribution in [3.63, 3.8) is 0 Å². The predicted molar refractivity (Wildman–Crippen MR) is 122 cm³/mol. The summed E-state index contributed by atoms with van der Waals surface area (Å²) in [4.78, 5) is 42.3. The van der Waals surface area contributed by atoms with Gasteiger partial charge in [-0.3, -0.25) is 14.4 Å². The molecular formula is C25H26BrNO5. The number of esters is 2. The number of ether oxygens (including phenoxy) is 2. The lowest BCUT2D eigenvalue weighted by molar-refractivity contribution is -0.200. The summed E-state index contributed by atoms with van der Waals surface area (Å²) in [5, 5.41) is 0. The predicted octanol–water partition coefficient (Wildman–Crippen LogP) is 3.68. The fraction of sp³-hybridized carbons (Fsp3) is 0.400. The summed E-state index contributed by atoms with van der Waals surface area (Å²) in [6.07, 6.45) is 0. The van der Waals surface area contributed by atoms with E-state index < -0.39 is 27.6 Å². The van der Waals surface area contributed by atoms with Crippen molar-refractivity contribution in [2.24, 2.45) is 17.3 Å². The summed E-state index contributed by atoms with van der Waals surface area (Å²) in [7, 11) is 0. The molecule has 1 saturated heterocycles. The van der Waals surface area contributed by atoms with Crippen LogP contribution in [0.5, 0.6) is 0 Å². The molecule has 2 aromatic rings. The molecule has 1 aliphatic heterocycles. The van der Waals surface area contributed by atoms with Crippen LogP contribution < -0.4 is 0 Å². The third-order valence-corrected chi connectivity index (χ3v) is 8.22. The third-order valence-electron chi connectivity index (χ3n) is 6.55. The summed E-state index contributed by atoms with van der Waals surface area (Å²) in [5.41, 5.74) is -0.0651. The number of alkyl halides is 1. The second-order valence-electron chi connectivity index (χ2n) is 8.12. The van der Waals surface area contributed by atoms with E-state index in [1.165, 1.54) is 0 Å². The van der Waals surface area contributed by atoms with E-state index in [4.69, 9.17) is 9.47 Å². The van der Waals surface area contributed by atoms with E-state index in [9.17, 15) is 14.4 Å². The van der Waals surface area contributed by atoms with Crippen molar-refractivity contribution in [1.82, 2.24) is 4.90 Å². The minimum atomic E-state index is -1.80. The molecule has 0 N–H and O–H groups in total. The van der Waals surface area contributed by atoms with E-state index in [0.29, 0.717) is 13.1 Å². The van der Waals surface area contributed by atoms with Gasteiger partial charge in [-0.15, -0.1) is 0 Å². The van der Waals surface area contributed by atoms with Gasteiger partial charge in [0.05, 0.1) is 23.5 Å². The number of fused-ring (bicyclic) bond motifs is 1. The van der Waals surface area contributed by atoms with Gasteiger partial charge in [0.1, 0.15) is 0 Å². The molecule has 2 fully saturated rings. The van der Waals surface area contributed by atoms with E-state index in [0.717, 1.165) is 11.1 Å². The molecule has 32 heavy (non-hydrogen) atoms. The van der Waals surface area contributed by atoms with E-state index in [2.05, 4.69) is 15.9 Å². The SMILES string of the molecule is CCOC(=O)C1(C(=O)OCC)[C@H]2C(=O)N(Cc3ccccc3)C[C@H]2[C@]1(Br)c1ccccc1. The second-order valence-corrected chi connectivity index (χ2v) is 9.37. The molecule has 0 unspecified atom stereocenters. The lowest BCUT2D eigenvalue weighted by Crippen LogP contribution is -2.73. The molecule has 1 amide bonds. The number of nitrogens with zero attached hydrogens (tertiary/aromatic N) is 1. The van der Waals surface area contributed by atoms with Crippen LogP contribution in [-0.2, 0) is 34.7 Å². The second kappa shape index (κ2) is 8.70. The normalized spacial score (nSPS) is 25.6. The zero-order valence-corrected chi connectivity index (χ0v) is 19.7. The molecule has 0 aromatic heterocycles. The number of hydrogen-bond donors (Lipinski definition) is 0. The molecule has 168 valence electrons. The van der Waals surface area contributed by atoms with E-state index >= 15 is 0 Å². The van der Waals surface area contributed by atoms with Gasteiger partial charge in [0, 0.05) is 19.0 Å². The van der Waals surface area contributed by atoms with Crippen molar-refractivity contribution < 1.29 is 23.9 Å². The van der Waals surface area contributed by atoms with Crippen LogP contribution in [0.2, 0.25) is 0 Å². The van der Waals surface area contributed by atoms with Gasteiger partial charge in [0.2, 0.25) is 5.91 Å². The summed E-state index contributed by atoms with van der Waals surface area (Å²) in [6.45, 7) is 4.38. The molecule has 2 aliphatic rings. The Morgan fingerprint density at radius 3 is 2.03 bits per heavy atom. The van der Waals surface area contributed by atoms with Crippen molar-refractivity contribution in [3.8, 4) is 0 Å². The van der Waals surface area contributed by atoms with Crippen LogP contribution in [0.15, 0.2) is 60.7 Å². The number of hydrogen-bond acceptors (Lipinski definition) is 5. The molecule has 1 saturated carbocycles. The quantitative estimate of drug-likeness (QED) is 0.330. The van der Waals surface area contributed by atoms with Crippen LogP contribution in [0.1, 0.15) is 25.0 Å². The highest BCUT2D eigenvalue weighted by Gasteiger charge is 2.84. The molecule has 4 rings (SSSR count). The van der Waals surface area contributed by atoms with E-state index in [1.54, 1.807) is 18.7 Å². The molecule has 0 bridgehead atoms. The van der Waals surface area contributed by atoms with Crippen LogP contribution in [0.4, 0.5) is 0 Å². The minimum Gasteiger partial charge on any atom is -0.465 e. The Morgan fingerprint density at radius 2 is 1.50 bits per heavy atom. The van der Waals surface area contributed by atoms with Crippen molar-refractivity contribution in [2.45, 2.75) is 24.7 Å². The van der Waals surface area contributed by atoms with Crippen molar-refractivity contribution >= 4 is 33.8 Å². The molecule has 3 atom stereocenters. The average Bonchev–Trinajstić information content (AvgIpc) is 3.09. The topological polar surface area (TPSA) is 72.9 Å². The van der Waals surface area contributed by atoms with Crippen LogP contribution in [0.3, 0.4) is 0 Å². The van der Waals surface area contributed by atoms with Gasteiger partial charge in [-0.1, -0.05) is 76.6 Å². The molecule has 1 heterocycles. The minimum absolute atomic E-state index is 0.0944. The van der Waals surface area contributed by atoms with Crippen molar-refractivity contribution in [3.05, 3.63) is 71.8 Å². The summed E-state index contributed by atoms with van der Waals surface area (Å²) in [6, 6.07) is 19.0. The summed E-state index contributed by atoms with van der Waals surface area (Å²) in [5.74, 6) is -2.84. The maximum atomic E-state index is 13.6. The highest BCUT2D eigenvalue weighted by Crippen LogP contribution is 2.72. The lowest BCUT2D eigenvalue weighted by Gasteiger charge is -2.59. The first-order valence-electron chi connectivity index (χ1n) is 10.8. The lowest BCUT2D eigenvalue weighted by atomic mass is 9.45. The highest BCUT2D eigenvalue weighted by molar-refractivity contribution is 9.09. The molecule has 1 aliphatic carbocycles. The maximum absolute atomic E-state index is 13.6. The molecule has 0 spiro atoms. The highest BCUT2D eigenvalue weighted by atomic mass is 79.9. The summed E-state index contributed by atoms with van der Waals surface area (Å²) < 4.78 is 9.69. The van der Waals surface area contributed by atoms with Crippen LogP contribution >= 0.6 is 15.9 Å². The van der Waals surface area contributed by atoms with E-state index in [-0.39, 0.29) is 25.0 Å². The Hall–Kier alpha value is -2.67. The van der Waals surface area contributed by atoms with Gasteiger partial charge < -0.3 is 14.4 Å². The Balaban J connectivity index is 1.83. The molecule has 7 heteroatoms. The van der Waals surface area contributed by atoms with Gasteiger partial charge in [-0.2, -0.15) is 0 Å². The van der Waals surface area contributed by atoms with Gasteiger partial charge in [0.15, 0.2) is 5.41 Å². The van der Waals surface area contributed by atoms with Crippen molar-refractivity contribution in [2.75, 3.05) is 19.8 Å². The maximum Gasteiger partial charge on any atom is 0.326 e. The van der Waals surface area contributed by atoms with Crippen LogP contribution in [-0.4, -0.2) is 42.5 Å². The monoisotopic (exact) mass is 499 g/mol. The fourth-order valence-electron chi connectivity index (χ4n) is 5.26. The number of benzene rings is 2. The number of halogens is 1. The number of carbonyl (C=O) groups excluding carboxylic acids is 3. The Morgan fingerprint density at radius 1 is 0.969 bits per heavy atom. The van der Waals surface area contributed by atoms with Gasteiger partial charge in [0.25, 0.3) is 0 Å². The zero-order chi connectivity index (χ0) is 22.9. The zero-order valence-electron chi connectivity index (χ0n) is 18.1. The smallest absolute Gasteiger partial charge is 0.326 e. The number of amides is 1. The number of carbonyl (C=O) groups is 3. The van der Waals surface area contributed by atoms with Crippen LogP contribution in [0.25, 0.3) is 0 Å². The summed E-state index contributed by atoms with van der Waals surface area (Å²) >= 11 is 3.81. The standard InChI is InChI=1S/C25H26BrNO5/c1-3-31-22(29)24(23(30)32-4-2)20-19(25(24,26)18-13-9-6-10-14-18)16-27(21(20)28)15-17-11-7-5-8-12-17/h5-14,19-20H,3-4,15-16H2,1-2H3/t19-,20-,25-/m1/s1. The third kappa shape index (κ3) is 3.09. The Bertz CT molecular complexity index is 994. The number of rotatable bonds is 7. The Labute approximate surface area is 196 Å². The first-order chi connectivity index (χ1) is 15.4. The largest absolute Gasteiger partial charge is 0.465 e. The van der Waals surface area contributed by atoms with Crippen LogP contribution in [0, 0.1) is 17.3 Å².